The molecule has 1 aliphatic rings. The van der Waals surface area contributed by atoms with Gasteiger partial charge in [0.25, 0.3) is 5.69 Å². The molecule has 1 atom stereocenters. The molecule has 0 aliphatic carbocycles. The van der Waals surface area contributed by atoms with Crippen molar-refractivity contribution in [3.8, 4) is 0 Å². The van der Waals surface area contributed by atoms with Gasteiger partial charge in [-0.1, -0.05) is 11.6 Å². The molecule has 1 aromatic rings. The first kappa shape index (κ1) is 16.5. The smallest absolute Gasteiger partial charge is 0.271 e. The molecule has 1 aromatic carbocycles. The number of nitro benzene ring substituents is 1. The molecule has 0 saturated carbocycles. The molecule has 1 saturated heterocycles. The molecule has 1 aliphatic heterocycles. The molecule has 1 amide bonds. The van der Waals surface area contributed by atoms with Crippen molar-refractivity contribution in [1.82, 2.24) is 0 Å². The molecule has 120 valence electrons. The second-order valence-electron chi connectivity index (χ2n) is 5.29. The molecule has 0 radical (unpaired) electrons. The summed E-state index contributed by atoms with van der Waals surface area (Å²) in [7, 11) is 0. The summed E-state index contributed by atoms with van der Waals surface area (Å²) in [5.41, 5.74) is 5.81. The quantitative estimate of drug-likeness (QED) is 0.616. The van der Waals surface area contributed by atoms with Crippen LogP contribution in [0.25, 0.3) is 0 Å². The molecule has 2 rings (SSSR count). The van der Waals surface area contributed by atoms with E-state index in [4.69, 9.17) is 22.1 Å². The van der Waals surface area contributed by atoms with Gasteiger partial charge in [-0.25, -0.2) is 0 Å². The van der Waals surface area contributed by atoms with Gasteiger partial charge in [-0.3, -0.25) is 14.9 Å². The number of anilines is 1. The van der Waals surface area contributed by atoms with Crippen molar-refractivity contribution in [3.05, 3.63) is 33.3 Å². The zero-order chi connectivity index (χ0) is 16.1. The molecule has 3 N–H and O–H groups in total. The topological polar surface area (TPSA) is 107 Å². The predicted molar refractivity (Wildman–Crippen MR) is 82.9 cm³/mol. The van der Waals surface area contributed by atoms with Gasteiger partial charge in [0.2, 0.25) is 5.91 Å². The summed E-state index contributed by atoms with van der Waals surface area (Å²) in [4.78, 5) is 21.5. The second-order valence-corrected chi connectivity index (χ2v) is 5.70. The van der Waals surface area contributed by atoms with Crippen molar-refractivity contribution in [1.29, 1.82) is 0 Å². The van der Waals surface area contributed by atoms with Crippen LogP contribution in [0.4, 0.5) is 11.4 Å². The molecular weight excluding hydrogens is 310 g/mol. The Morgan fingerprint density at radius 3 is 2.73 bits per heavy atom. The summed E-state index contributed by atoms with van der Waals surface area (Å²) >= 11 is 6.09. The number of nitro groups is 1. The number of primary amides is 1. The van der Waals surface area contributed by atoms with Crippen LogP contribution in [0.2, 0.25) is 5.02 Å². The van der Waals surface area contributed by atoms with Crippen LogP contribution in [0.5, 0.6) is 0 Å². The molecule has 1 heterocycles. The maximum absolute atomic E-state index is 11.3. The number of carbonyl (C=O) groups excluding carboxylic acids is 1. The van der Waals surface area contributed by atoms with E-state index >= 15 is 0 Å². The highest BCUT2D eigenvalue weighted by molar-refractivity contribution is 6.33. The average molecular weight is 328 g/mol. The molecule has 8 heteroatoms. The lowest BCUT2D eigenvalue weighted by Gasteiger charge is -2.31. The first-order valence-electron chi connectivity index (χ1n) is 7.04. The third-order valence-electron chi connectivity index (χ3n) is 3.76. The van der Waals surface area contributed by atoms with Crippen molar-refractivity contribution in [2.75, 3.05) is 18.5 Å². The average Bonchev–Trinajstić information content (AvgIpc) is 2.48. The van der Waals surface area contributed by atoms with Crippen molar-refractivity contribution < 1.29 is 14.5 Å². The summed E-state index contributed by atoms with van der Waals surface area (Å²) < 4.78 is 5.33. The second kappa shape index (κ2) is 7.42. The van der Waals surface area contributed by atoms with E-state index in [9.17, 15) is 14.9 Å². The molecule has 0 aromatic heterocycles. The molecular formula is C14H18ClN3O4. The van der Waals surface area contributed by atoms with Gasteiger partial charge in [-0.2, -0.15) is 0 Å². The highest BCUT2D eigenvalue weighted by atomic mass is 35.5. The zero-order valence-corrected chi connectivity index (χ0v) is 12.7. The summed E-state index contributed by atoms with van der Waals surface area (Å²) in [6.07, 6.45) is 1.84. The van der Waals surface area contributed by atoms with Crippen LogP contribution in [-0.4, -0.2) is 30.1 Å². The number of nitrogens with two attached hydrogens (primary N) is 1. The molecule has 1 fully saturated rings. The Balaban J connectivity index is 2.15. The van der Waals surface area contributed by atoms with Gasteiger partial charge < -0.3 is 15.8 Å². The van der Waals surface area contributed by atoms with Crippen LogP contribution < -0.4 is 11.1 Å². The van der Waals surface area contributed by atoms with Crippen LogP contribution in [0.1, 0.15) is 19.3 Å². The fourth-order valence-electron chi connectivity index (χ4n) is 2.60. The monoisotopic (exact) mass is 327 g/mol. The minimum Gasteiger partial charge on any atom is -0.381 e. The Morgan fingerprint density at radius 2 is 2.18 bits per heavy atom. The largest absolute Gasteiger partial charge is 0.381 e. The van der Waals surface area contributed by atoms with E-state index in [1.165, 1.54) is 12.1 Å². The number of carbonyl (C=O) groups is 1. The SMILES string of the molecule is NC(=O)C[C@@H](Nc1ccc([N+](=O)[O-])cc1Cl)C1CCOCC1. The molecule has 0 spiro atoms. The van der Waals surface area contributed by atoms with Gasteiger partial charge in [-0.15, -0.1) is 0 Å². The van der Waals surface area contributed by atoms with Crippen molar-refractivity contribution in [3.63, 3.8) is 0 Å². The van der Waals surface area contributed by atoms with E-state index in [1.807, 2.05) is 0 Å². The Hall–Kier alpha value is -1.86. The molecule has 0 unspecified atom stereocenters. The Kier molecular flexibility index (Phi) is 5.57. The lowest BCUT2D eigenvalue weighted by Crippen LogP contribution is -2.37. The van der Waals surface area contributed by atoms with Gasteiger partial charge in [-0.05, 0) is 24.8 Å². The van der Waals surface area contributed by atoms with Crippen LogP contribution in [0.3, 0.4) is 0 Å². The van der Waals surface area contributed by atoms with E-state index < -0.39 is 10.8 Å². The number of benzene rings is 1. The van der Waals surface area contributed by atoms with Crippen LogP contribution >= 0.6 is 11.6 Å². The Labute approximate surface area is 132 Å². The fraction of sp³-hybridized carbons (Fsp3) is 0.500. The lowest BCUT2D eigenvalue weighted by molar-refractivity contribution is -0.384. The minimum atomic E-state index is -0.505. The number of nitrogens with zero attached hydrogens (tertiary/aromatic N) is 1. The minimum absolute atomic E-state index is 0.0759. The fourth-order valence-corrected chi connectivity index (χ4v) is 2.83. The van der Waals surface area contributed by atoms with Gasteiger partial charge in [0.15, 0.2) is 0 Å². The van der Waals surface area contributed by atoms with Crippen LogP contribution in [-0.2, 0) is 9.53 Å². The maximum atomic E-state index is 11.3. The summed E-state index contributed by atoms with van der Waals surface area (Å²) in [5, 5.41) is 14.2. The molecule has 22 heavy (non-hydrogen) atoms. The van der Waals surface area contributed by atoms with E-state index in [0.29, 0.717) is 18.9 Å². The van der Waals surface area contributed by atoms with Crippen molar-refractivity contribution in [2.45, 2.75) is 25.3 Å². The zero-order valence-electron chi connectivity index (χ0n) is 12.0. The predicted octanol–water partition coefficient (Wildman–Crippen LogP) is 2.33. The molecule has 7 nitrogen and oxygen atoms in total. The Bertz CT molecular complexity index is 561. The van der Waals surface area contributed by atoms with Crippen molar-refractivity contribution >= 4 is 28.9 Å². The van der Waals surface area contributed by atoms with Crippen LogP contribution in [0, 0.1) is 16.0 Å². The normalized spacial score (nSPS) is 17.0. The number of amides is 1. The van der Waals surface area contributed by atoms with E-state index in [0.717, 1.165) is 12.8 Å². The Morgan fingerprint density at radius 1 is 1.50 bits per heavy atom. The number of nitrogens with one attached hydrogen (secondary N) is 1. The first-order chi connectivity index (χ1) is 10.5. The lowest BCUT2D eigenvalue weighted by atomic mass is 9.89. The number of non-ortho nitro benzene ring substituents is 1. The van der Waals surface area contributed by atoms with Gasteiger partial charge in [0, 0.05) is 37.8 Å². The number of rotatable bonds is 6. The summed E-state index contributed by atoms with van der Waals surface area (Å²) in [6, 6.07) is 4.04. The van der Waals surface area contributed by atoms with E-state index in [2.05, 4.69) is 5.32 Å². The number of hydrogen-bond acceptors (Lipinski definition) is 5. The number of hydrogen-bond donors (Lipinski definition) is 2. The summed E-state index contributed by atoms with van der Waals surface area (Å²) in [5.74, 6) is -0.158. The van der Waals surface area contributed by atoms with Crippen molar-refractivity contribution in [2.24, 2.45) is 11.7 Å². The highest BCUT2D eigenvalue weighted by Gasteiger charge is 2.26. The van der Waals surface area contributed by atoms with Crippen LogP contribution in [0.15, 0.2) is 18.2 Å². The molecule has 0 bridgehead atoms. The standard InChI is InChI=1S/C14H18ClN3O4/c15-11-7-10(18(20)21)1-2-12(11)17-13(8-14(16)19)9-3-5-22-6-4-9/h1-2,7,9,13,17H,3-6,8H2,(H2,16,19)/t13-/m1/s1. The van der Waals surface area contributed by atoms with E-state index in [1.54, 1.807) is 6.07 Å². The van der Waals surface area contributed by atoms with Gasteiger partial charge in [0.1, 0.15) is 0 Å². The van der Waals surface area contributed by atoms with Gasteiger partial charge >= 0.3 is 0 Å². The highest BCUT2D eigenvalue weighted by Crippen LogP contribution is 2.30. The van der Waals surface area contributed by atoms with E-state index in [-0.39, 0.29) is 29.1 Å². The third-order valence-corrected chi connectivity index (χ3v) is 4.07. The maximum Gasteiger partial charge on any atom is 0.271 e. The third kappa shape index (κ3) is 4.32. The number of ether oxygens (including phenoxy) is 1. The summed E-state index contributed by atoms with van der Waals surface area (Å²) in [6.45, 7) is 1.30. The number of halogens is 1. The van der Waals surface area contributed by atoms with Gasteiger partial charge in [0.05, 0.1) is 15.6 Å². The first-order valence-corrected chi connectivity index (χ1v) is 7.41.